The third kappa shape index (κ3) is 1.91. The average molecular weight is 144 g/mol. The molecule has 1 saturated heterocycles. The van der Waals surface area contributed by atoms with Gasteiger partial charge >= 0.3 is 0 Å². The molecule has 1 rings (SSSR count). The molecule has 0 saturated carbocycles. The second-order valence-electron chi connectivity index (χ2n) is 2.58. The van der Waals surface area contributed by atoms with E-state index < -0.39 is 0 Å². The summed E-state index contributed by atoms with van der Waals surface area (Å²) in [6.45, 7) is 4.73. The summed E-state index contributed by atoms with van der Waals surface area (Å²) in [5.74, 6) is 0. The fourth-order valence-corrected chi connectivity index (χ4v) is 1.20. The summed E-state index contributed by atoms with van der Waals surface area (Å²) >= 11 is 0. The van der Waals surface area contributed by atoms with E-state index in [1.54, 1.807) is 0 Å². The maximum atomic E-state index is 5.34. The predicted octanol–water partition coefficient (Wildman–Crippen LogP) is -1.60. The van der Waals surface area contributed by atoms with Crippen LogP contribution in [0.15, 0.2) is 0 Å². The van der Waals surface area contributed by atoms with Crippen LogP contribution in [0.4, 0.5) is 0 Å². The molecule has 0 aromatic carbocycles. The molecule has 60 valence electrons. The highest BCUT2D eigenvalue weighted by Gasteiger charge is 2.17. The lowest BCUT2D eigenvalue weighted by molar-refractivity contribution is 0.294. The largest absolute Gasteiger partial charge is 0.318 e. The minimum atomic E-state index is 0.332. The van der Waals surface area contributed by atoms with Gasteiger partial charge in [-0.2, -0.15) is 0 Å². The molecule has 1 heterocycles. The standard InChI is InChI=1S/C6H16N4/c1-5-6(10-4-7)9-3-2-8-5/h5-6,8-10H,2-4,7H2,1H3. The molecule has 0 aromatic rings. The highest BCUT2D eigenvalue weighted by atomic mass is 15.2. The van der Waals surface area contributed by atoms with Crippen molar-refractivity contribution < 1.29 is 0 Å². The van der Waals surface area contributed by atoms with Crippen LogP contribution in [0, 0.1) is 0 Å². The predicted molar refractivity (Wildman–Crippen MR) is 41.4 cm³/mol. The van der Waals surface area contributed by atoms with Gasteiger partial charge in [0.05, 0.1) is 6.17 Å². The first kappa shape index (κ1) is 7.94. The van der Waals surface area contributed by atoms with Crippen LogP contribution < -0.4 is 21.7 Å². The summed E-state index contributed by atoms with van der Waals surface area (Å²) in [6.07, 6.45) is 0.332. The Labute approximate surface area is 61.5 Å². The molecular formula is C6H16N4. The van der Waals surface area contributed by atoms with Crippen LogP contribution in [0.1, 0.15) is 6.92 Å². The fraction of sp³-hybridized carbons (Fsp3) is 1.00. The van der Waals surface area contributed by atoms with Gasteiger partial charge < -0.3 is 11.1 Å². The van der Waals surface area contributed by atoms with Crippen molar-refractivity contribution in [1.29, 1.82) is 0 Å². The first-order chi connectivity index (χ1) is 4.84. The second kappa shape index (κ2) is 3.88. The zero-order chi connectivity index (χ0) is 7.40. The lowest BCUT2D eigenvalue weighted by atomic mass is 10.2. The van der Waals surface area contributed by atoms with Gasteiger partial charge in [-0.3, -0.25) is 10.6 Å². The smallest absolute Gasteiger partial charge is 0.0737 e. The number of hydrogen-bond donors (Lipinski definition) is 4. The van der Waals surface area contributed by atoms with E-state index in [0.29, 0.717) is 18.9 Å². The molecule has 1 aliphatic heterocycles. The quantitative estimate of drug-likeness (QED) is 0.353. The van der Waals surface area contributed by atoms with Gasteiger partial charge in [0, 0.05) is 25.8 Å². The summed E-state index contributed by atoms with van der Waals surface area (Å²) in [6, 6.07) is 0.470. The minimum absolute atomic E-state index is 0.332. The zero-order valence-electron chi connectivity index (χ0n) is 6.35. The van der Waals surface area contributed by atoms with Crippen LogP contribution in [-0.4, -0.2) is 32.0 Å². The van der Waals surface area contributed by atoms with Crippen molar-refractivity contribution in [3.63, 3.8) is 0 Å². The molecule has 0 spiro atoms. The summed E-state index contributed by atoms with van der Waals surface area (Å²) in [4.78, 5) is 0. The topological polar surface area (TPSA) is 62.1 Å². The lowest BCUT2D eigenvalue weighted by Gasteiger charge is -2.31. The summed E-state index contributed by atoms with van der Waals surface area (Å²) in [5.41, 5.74) is 5.34. The van der Waals surface area contributed by atoms with Crippen molar-refractivity contribution in [3.05, 3.63) is 0 Å². The van der Waals surface area contributed by atoms with E-state index in [1.165, 1.54) is 0 Å². The molecule has 1 fully saturated rings. The highest BCUT2D eigenvalue weighted by molar-refractivity contribution is 4.80. The van der Waals surface area contributed by atoms with E-state index in [-0.39, 0.29) is 0 Å². The Hall–Kier alpha value is -0.160. The number of hydrogen-bond acceptors (Lipinski definition) is 4. The third-order valence-electron chi connectivity index (χ3n) is 1.79. The number of nitrogens with two attached hydrogens (primary N) is 1. The van der Waals surface area contributed by atoms with Gasteiger partial charge in [-0.1, -0.05) is 0 Å². The van der Waals surface area contributed by atoms with Gasteiger partial charge in [-0.15, -0.1) is 0 Å². The van der Waals surface area contributed by atoms with Crippen molar-refractivity contribution in [2.75, 3.05) is 19.8 Å². The molecule has 0 amide bonds. The maximum Gasteiger partial charge on any atom is 0.0737 e. The van der Waals surface area contributed by atoms with E-state index in [0.717, 1.165) is 13.1 Å². The number of nitrogens with one attached hydrogen (secondary N) is 3. The van der Waals surface area contributed by atoms with Crippen molar-refractivity contribution in [2.24, 2.45) is 5.73 Å². The molecule has 1 aliphatic rings. The van der Waals surface area contributed by atoms with E-state index in [1.807, 2.05) is 0 Å². The van der Waals surface area contributed by atoms with Crippen LogP contribution in [0.25, 0.3) is 0 Å². The first-order valence-electron chi connectivity index (χ1n) is 3.75. The molecule has 5 N–H and O–H groups in total. The zero-order valence-corrected chi connectivity index (χ0v) is 6.35. The van der Waals surface area contributed by atoms with Crippen LogP contribution >= 0.6 is 0 Å². The molecule has 2 unspecified atom stereocenters. The summed E-state index contributed by atoms with van der Waals surface area (Å²) in [5, 5.41) is 9.79. The Balaban J connectivity index is 2.25. The molecule has 0 aromatic heterocycles. The van der Waals surface area contributed by atoms with Crippen molar-refractivity contribution in [3.8, 4) is 0 Å². The molecule has 10 heavy (non-hydrogen) atoms. The van der Waals surface area contributed by atoms with Gasteiger partial charge in [0.25, 0.3) is 0 Å². The molecule has 4 nitrogen and oxygen atoms in total. The fourth-order valence-electron chi connectivity index (χ4n) is 1.20. The Morgan fingerprint density at radius 3 is 2.80 bits per heavy atom. The summed E-state index contributed by atoms with van der Waals surface area (Å²) in [7, 11) is 0. The molecular weight excluding hydrogens is 128 g/mol. The van der Waals surface area contributed by atoms with E-state index in [2.05, 4.69) is 22.9 Å². The molecule has 0 bridgehead atoms. The van der Waals surface area contributed by atoms with Gasteiger partial charge in [-0.05, 0) is 6.92 Å². The molecule has 4 heteroatoms. The van der Waals surface area contributed by atoms with E-state index >= 15 is 0 Å². The average Bonchev–Trinajstić information content (AvgIpc) is 1.94. The van der Waals surface area contributed by atoms with Crippen molar-refractivity contribution in [1.82, 2.24) is 16.0 Å². The normalized spacial score (nSPS) is 34.2. The van der Waals surface area contributed by atoms with E-state index in [9.17, 15) is 0 Å². The van der Waals surface area contributed by atoms with Gasteiger partial charge in [0.1, 0.15) is 0 Å². The Kier molecular flexibility index (Phi) is 3.08. The highest BCUT2D eigenvalue weighted by Crippen LogP contribution is 1.91. The molecule has 2 atom stereocenters. The Bertz CT molecular complexity index is 93.7. The minimum Gasteiger partial charge on any atom is -0.318 e. The lowest BCUT2D eigenvalue weighted by Crippen LogP contribution is -2.61. The Morgan fingerprint density at radius 1 is 1.50 bits per heavy atom. The second-order valence-corrected chi connectivity index (χ2v) is 2.58. The van der Waals surface area contributed by atoms with Crippen molar-refractivity contribution in [2.45, 2.75) is 19.1 Å². The van der Waals surface area contributed by atoms with Crippen LogP contribution in [-0.2, 0) is 0 Å². The first-order valence-corrected chi connectivity index (χ1v) is 3.75. The Morgan fingerprint density at radius 2 is 2.20 bits per heavy atom. The number of rotatable bonds is 2. The van der Waals surface area contributed by atoms with Crippen LogP contribution in [0.5, 0.6) is 0 Å². The third-order valence-corrected chi connectivity index (χ3v) is 1.79. The molecule has 0 aliphatic carbocycles. The van der Waals surface area contributed by atoms with Crippen LogP contribution in [0.3, 0.4) is 0 Å². The SMILES string of the molecule is CC1NCCNC1NCN. The summed E-state index contributed by atoms with van der Waals surface area (Å²) < 4.78 is 0. The van der Waals surface area contributed by atoms with Gasteiger partial charge in [0.2, 0.25) is 0 Å². The monoisotopic (exact) mass is 144 g/mol. The van der Waals surface area contributed by atoms with Gasteiger partial charge in [0.15, 0.2) is 0 Å². The maximum absolute atomic E-state index is 5.34. The molecule has 0 radical (unpaired) electrons. The van der Waals surface area contributed by atoms with Crippen LogP contribution in [0.2, 0.25) is 0 Å². The number of piperazine rings is 1. The van der Waals surface area contributed by atoms with Gasteiger partial charge in [-0.25, -0.2) is 0 Å². The van der Waals surface area contributed by atoms with Crippen molar-refractivity contribution >= 4 is 0 Å². The van der Waals surface area contributed by atoms with E-state index in [4.69, 9.17) is 5.73 Å².